The van der Waals surface area contributed by atoms with Crippen molar-refractivity contribution < 1.29 is 0 Å². The highest BCUT2D eigenvalue weighted by atomic mass is 14.9. The molecule has 4 heteroatoms. The second kappa shape index (κ2) is 5.81. The van der Waals surface area contributed by atoms with Crippen molar-refractivity contribution >= 4 is 0 Å². The van der Waals surface area contributed by atoms with E-state index in [9.17, 15) is 0 Å². The third-order valence-corrected chi connectivity index (χ3v) is 3.99. The van der Waals surface area contributed by atoms with Crippen molar-refractivity contribution in [3.63, 3.8) is 0 Å². The van der Waals surface area contributed by atoms with Crippen LogP contribution in [0.1, 0.15) is 11.4 Å². The molecule has 4 aromatic rings. The van der Waals surface area contributed by atoms with E-state index in [2.05, 4.69) is 44.2 Å². The third-order valence-electron chi connectivity index (χ3n) is 3.99. The highest BCUT2D eigenvalue weighted by molar-refractivity contribution is 5.68. The van der Waals surface area contributed by atoms with Gasteiger partial charge in [-0.1, -0.05) is 12.1 Å². The largest absolute Gasteiger partial charge is 0.352 e. The first-order chi connectivity index (χ1) is 11.7. The molecule has 4 heterocycles. The first kappa shape index (κ1) is 14.5. The number of nitrogens with zero attached hydrogens (tertiary/aromatic N) is 2. The molecule has 0 spiro atoms. The van der Waals surface area contributed by atoms with E-state index >= 15 is 0 Å². The molecular formula is C20H18N4. The number of H-pyrrole nitrogens is 2. The fourth-order valence-electron chi connectivity index (χ4n) is 2.79. The second-order valence-electron chi connectivity index (χ2n) is 5.90. The van der Waals surface area contributed by atoms with Crippen LogP contribution in [0.5, 0.6) is 0 Å². The zero-order valence-electron chi connectivity index (χ0n) is 13.7. The van der Waals surface area contributed by atoms with Crippen LogP contribution in [0, 0.1) is 13.8 Å². The van der Waals surface area contributed by atoms with Gasteiger partial charge in [-0.15, -0.1) is 0 Å². The molecule has 0 atom stereocenters. The molecule has 0 fully saturated rings. The smallest absolute Gasteiger partial charge is 0.0867 e. The molecule has 4 aromatic heterocycles. The number of hydrogen-bond donors (Lipinski definition) is 2. The minimum Gasteiger partial charge on any atom is -0.352 e. The monoisotopic (exact) mass is 314 g/mol. The van der Waals surface area contributed by atoms with Crippen LogP contribution in [0.15, 0.2) is 60.7 Å². The number of rotatable bonds is 3. The quantitative estimate of drug-likeness (QED) is 0.573. The van der Waals surface area contributed by atoms with Crippen LogP contribution < -0.4 is 0 Å². The molecule has 0 aromatic carbocycles. The normalized spacial score (nSPS) is 10.9. The van der Waals surface area contributed by atoms with E-state index < -0.39 is 0 Å². The van der Waals surface area contributed by atoms with Gasteiger partial charge in [0.25, 0.3) is 0 Å². The molecule has 0 aliphatic heterocycles. The molecule has 0 aliphatic rings. The molecule has 0 aliphatic carbocycles. The zero-order chi connectivity index (χ0) is 16.5. The molecule has 0 saturated heterocycles. The second-order valence-corrected chi connectivity index (χ2v) is 5.90. The van der Waals surface area contributed by atoms with Gasteiger partial charge in [0.15, 0.2) is 0 Å². The van der Waals surface area contributed by atoms with E-state index in [1.807, 2.05) is 50.2 Å². The first-order valence-electron chi connectivity index (χ1n) is 7.95. The van der Waals surface area contributed by atoms with Gasteiger partial charge in [-0.25, -0.2) is 0 Å². The summed E-state index contributed by atoms with van der Waals surface area (Å²) in [6.45, 7) is 4.00. The lowest BCUT2D eigenvalue weighted by molar-refractivity contribution is 1.18. The zero-order valence-corrected chi connectivity index (χ0v) is 13.7. The molecular weight excluding hydrogens is 296 g/mol. The topological polar surface area (TPSA) is 57.4 Å². The number of aromatic amines is 2. The van der Waals surface area contributed by atoms with Crippen LogP contribution in [0.3, 0.4) is 0 Å². The predicted octanol–water partition coefficient (Wildman–Crippen LogP) is 4.75. The van der Waals surface area contributed by atoms with Gasteiger partial charge >= 0.3 is 0 Å². The average molecular weight is 314 g/mol. The lowest BCUT2D eigenvalue weighted by Gasteiger charge is -2.00. The molecule has 0 radical (unpaired) electrons. The summed E-state index contributed by atoms with van der Waals surface area (Å²) in [5.74, 6) is 0. The van der Waals surface area contributed by atoms with Gasteiger partial charge in [-0.05, 0) is 62.4 Å². The number of aryl methyl sites for hydroxylation is 2. The number of hydrogen-bond acceptors (Lipinski definition) is 2. The Bertz CT molecular complexity index is 912. The van der Waals surface area contributed by atoms with E-state index in [-0.39, 0.29) is 0 Å². The van der Waals surface area contributed by atoms with Crippen molar-refractivity contribution in [1.82, 2.24) is 19.9 Å². The highest BCUT2D eigenvalue weighted by Gasteiger charge is 2.08. The van der Waals surface area contributed by atoms with Gasteiger partial charge in [-0.3, -0.25) is 9.97 Å². The van der Waals surface area contributed by atoms with Crippen molar-refractivity contribution in [2.45, 2.75) is 13.8 Å². The van der Waals surface area contributed by atoms with Crippen molar-refractivity contribution in [2.24, 2.45) is 0 Å². The maximum atomic E-state index is 4.56. The Labute approximate surface area is 140 Å². The summed E-state index contributed by atoms with van der Waals surface area (Å²) in [6, 6.07) is 20.3. The van der Waals surface area contributed by atoms with Crippen LogP contribution in [-0.4, -0.2) is 19.9 Å². The summed E-state index contributed by atoms with van der Waals surface area (Å²) in [4.78, 5) is 16.0. The van der Waals surface area contributed by atoms with Crippen molar-refractivity contribution in [3.8, 4) is 34.2 Å². The lowest BCUT2D eigenvalue weighted by Crippen LogP contribution is -1.87. The fourth-order valence-corrected chi connectivity index (χ4v) is 2.79. The third kappa shape index (κ3) is 2.74. The maximum Gasteiger partial charge on any atom is 0.0867 e. The Balaban J connectivity index is 1.66. The first-order valence-corrected chi connectivity index (χ1v) is 7.95. The number of nitrogens with one attached hydrogen (secondary N) is 2. The minimum absolute atomic E-state index is 0.952. The van der Waals surface area contributed by atoms with Crippen LogP contribution in [0.2, 0.25) is 0 Å². The van der Waals surface area contributed by atoms with Gasteiger partial charge in [0.2, 0.25) is 0 Å². The molecule has 4 rings (SSSR count). The Morgan fingerprint density at radius 1 is 0.542 bits per heavy atom. The number of pyridine rings is 2. The van der Waals surface area contributed by atoms with Crippen molar-refractivity contribution in [2.75, 3.05) is 0 Å². The lowest BCUT2D eigenvalue weighted by atomic mass is 10.2. The maximum absolute atomic E-state index is 4.56. The molecule has 0 bridgehead atoms. The average Bonchev–Trinajstić information content (AvgIpc) is 3.24. The molecule has 118 valence electrons. The van der Waals surface area contributed by atoms with Crippen molar-refractivity contribution in [1.29, 1.82) is 0 Å². The van der Waals surface area contributed by atoms with E-state index in [4.69, 9.17) is 0 Å². The van der Waals surface area contributed by atoms with E-state index in [0.29, 0.717) is 0 Å². The van der Waals surface area contributed by atoms with Gasteiger partial charge in [0.05, 0.1) is 34.2 Å². The summed E-state index contributed by atoms with van der Waals surface area (Å²) < 4.78 is 0. The summed E-state index contributed by atoms with van der Waals surface area (Å²) >= 11 is 0. The predicted molar refractivity (Wildman–Crippen MR) is 96.5 cm³/mol. The summed E-state index contributed by atoms with van der Waals surface area (Å²) in [5.41, 5.74) is 8.02. The molecule has 4 nitrogen and oxygen atoms in total. The van der Waals surface area contributed by atoms with Crippen LogP contribution >= 0.6 is 0 Å². The molecule has 0 amide bonds. The minimum atomic E-state index is 0.952. The van der Waals surface area contributed by atoms with Gasteiger partial charge in [0.1, 0.15) is 0 Å². The van der Waals surface area contributed by atoms with Crippen LogP contribution in [-0.2, 0) is 0 Å². The van der Waals surface area contributed by atoms with E-state index in [1.54, 1.807) is 0 Å². The highest BCUT2D eigenvalue weighted by Crippen LogP contribution is 2.26. The van der Waals surface area contributed by atoms with E-state index in [1.165, 1.54) is 0 Å². The fraction of sp³-hybridized carbons (Fsp3) is 0.100. The summed E-state index contributed by atoms with van der Waals surface area (Å²) in [7, 11) is 0. The van der Waals surface area contributed by atoms with Crippen LogP contribution in [0.25, 0.3) is 34.2 Å². The Kier molecular flexibility index (Phi) is 3.50. The summed E-state index contributed by atoms with van der Waals surface area (Å²) in [5, 5.41) is 0. The SMILES string of the molecule is Cc1cccc(-c2ccc(-c3ccc(-c4cccc(C)n4)[nH]3)[nH]2)n1. The standard InChI is InChI=1S/C20H18N4/c1-13-5-3-7-15(21-13)17-9-11-19(23-17)20-12-10-18(24-20)16-8-4-6-14(2)22-16/h3-12,23-24H,1-2H3. The molecule has 24 heavy (non-hydrogen) atoms. The summed E-state index contributed by atoms with van der Waals surface area (Å²) in [6.07, 6.45) is 0. The van der Waals surface area contributed by atoms with Gasteiger partial charge in [-0.2, -0.15) is 0 Å². The molecule has 2 N–H and O–H groups in total. The van der Waals surface area contributed by atoms with E-state index in [0.717, 1.165) is 45.6 Å². The Hall–Kier alpha value is -3.14. The molecule has 0 saturated carbocycles. The number of aromatic nitrogens is 4. The van der Waals surface area contributed by atoms with Crippen molar-refractivity contribution in [3.05, 3.63) is 72.1 Å². The van der Waals surface area contributed by atoms with Gasteiger partial charge in [0, 0.05) is 11.4 Å². The van der Waals surface area contributed by atoms with Crippen LogP contribution in [0.4, 0.5) is 0 Å². The molecule has 0 unspecified atom stereocenters. The Morgan fingerprint density at radius 2 is 0.958 bits per heavy atom. The van der Waals surface area contributed by atoms with Gasteiger partial charge < -0.3 is 9.97 Å². The Morgan fingerprint density at radius 3 is 1.38 bits per heavy atom.